The zero-order valence-electron chi connectivity index (χ0n) is 12.7. The molecule has 1 heterocycles. The van der Waals surface area contributed by atoms with Crippen LogP contribution in [0.25, 0.3) is 6.08 Å². The van der Waals surface area contributed by atoms with Crippen molar-refractivity contribution in [2.45, 2.75) is 19.8 Å². The Morgan fingerprint density at radius 3 is 2.55 bits per heavy atom. The van der Waals surface area contributed by atoms with Crippen LogP contribution in [-0.4, -0.2) is 44.4 Å². The Balaban J connectivity index is 2.13. The zero-order chi connectivity index (χ0) is 14.5. The van der Waals surface area contributed by atoms with Gasteiger partial charge in [0.15, 0.2) is 5.78 Å². The van der Waals surface area contributed by atoms with E-state index in [1.54, 1.807) is 0 Å². The highest BCUT2D eigenvalue weighted by molar-refractivity contribution is 6.00. The molecule has 20 heavy (non-hydrogen) atoms. The monoisotopic (exact) mass is 272 g/mol. The van der Waals surface area contributed by atoms with Crippen LogP contribution in [0.15, 0.2) is 29.8 Å². The molecular formula is C17H24N2O. The number of likely N-dealkylation sites (tertiary alicyclic amines) is 1. The van der Waals surface area contributed by atoms with Gasteiger partial charge in [0, 0.05) is 44.9 Å². The number of hydrogen-bond donors (Lipinski definition) is 0. The van der Waals surface area contributed by atoms with Gasteiger partial charge in [-0.1, -0.05) is 19.1 Å². The highest BCUT2D eigenvalue weighted by atomic mass is 16.1. The lowest BCUT2D eigenvalue weighted by Crippen LogP contribution is -2.36. The Hall–Kier alpha value is -1.61. The van der Waals surface area contributed by atoms with Gasteiger partial charge in [0.1, 0.15) is 0 Å². The molecule has 1 aromatic rings. The van der Waals surface area contributed by atoms with Gasteiger partial charge in [-0.05, 0) is 36.7 Å². The molecule has 0 bridgehead atoms. The summed E-state index contributed by atoms with van der Waals surface area (Å²) < 4.78 is 0. The SMILES string of the molecule is CCCN1CCC(=O)/C(=C/c2ccc(N(C)C)cc2)C1. The van der Waals surface area contributed by atoms with E-state index in [0.717, 1.165) is 37.2 Å². The van der Waals surface area contributed by atoms with Crippen LogP contribution >= 0.6 is 0 Å². The largest absolute Gasteiger partial charge is 0.378 e. The Labute approximate surface area is 121 Å². The van der Waals surface area contributed by atoms with Gasteiger partial charge < -0.3 is 4.90 Å². The highest BCUT2D eigenvalue weighted by Crippen LogP contribution is 2.18. The first-order valence-electron chi connectivity index (χ1n) is 7.33. The van der Waals surface area contributed by atoms with Crippen LogP contribution in [0.1, 0.15) is 25.3 Å². The van der Waals surface area contributed by atoms with Crippen LogP contribution in [0.5, 0.6) is 0 Å². The molecule has 0 atom stereocenters. The second-order valence-corrected chi connectivity index (χ2v) is 5.60. The van der Waals surface area contributed by atoms with Crippen molar-refractivity contribution in [3.63, 3.8) is 0 Å². The van der Waals surface area contributed by atoms with Crippen molar-refractivity contribution >= 4 is 17.5 Å². The first-order chi connectivity index (χ1) is 9.60. The molecule has 3 heteroatoms. The fraction of sp³-hybridized carbons (Fsp3) is 0.471. The fourth-order valence-corrected chi connectivity index (χ4v) is 2.53. The molecule has 0 amide bonds. The Kier molecular flexibility index (Phi) is 4.96. The van der Waals surface area contributed by atoms with E-state index in [1.807, 2.05) is 20.2 Å². The smallest absolute Gasteiger partial charge is 0.161 e. The standard InChI is InChI=1S/C17H24N2O/c1-4-10-19-11-9-17(20)15(13-19)12-14-5-7-16(8-6-14)18(2)3/h5-8,12H,4,9-11,13H2,1-3H3/b15-12+. The maximum Gasteiger partial charge on any atom is 0.161 e. The van der Waals surface area contributed by atoms with Crippen LogP contribution in [0.2, 0.25) is 0 Å². The Morgan fingerprint density at radius 2 is 1.95 bits per heavy atom. The van der Waals surface area contributed by atoms with Crippen LogP contribution in [-0.2, 0) is 4.79 Å². The number of benzene rings is 1. The quantitative estimate of drug-likeness (QED) is 0.787. The minimum atomic E-state index is 0.300. The normalized spacial score (nSPS) is 18.6. The molecule has 0 radical (unpaired) electrons. The van der Waals surface area contributed by atoms with Crippen molar-refractivity contribution in [3.05, 3.63) is 35.4 Å². The summed E-state index contributed by atoms with van der Waals surface area (Å²) in [6.45, 7) is 4.95. The highest BCUT2D eigenvalue weighted by Gasteiger charge is 2.20. The molecule has 1 aliphatic rings. The van der Waals surface area contributed by atoms with Gasteiger partial charge >= 0.3 is 0 Å². The summed E-state index contributed by atoms with van der Waals surface area (Å²) in [5.74, 6) is 0.300. The van der Waals surface area contributed by atoms with E-state index in [-0.39, 0.29) is 0 Å². The third-order valence-electron chi connectivity index (χ3n) is 3.70. The second kappa shape index (κ2) is 6.71. The predicted molar refractivity (Wildman–Crippen MR) is 85.1 cm³/mol. The summed E-state index contributed by atoms with van der Waals surface area (Å²) in [6, 6.07) is 8.33. The number of Topliss-reactive ketones (excluding diaryl/α,β-unsaturated/α-hetero) is 1. The Morgan fingerprint density at radius 1 is 1.25 bits per heavy atom. The van der Waals surface area contributed by atoms with Gasteiger partial charge in [-0.15, -0.1) is 0 Å². The molecule has 1 saturated heterocycles. The number of anilines is 1. The van der Waals surface area contributed by atoms with Gasteiger partial charge in [0.2, 0.25) is 0 Å². The molecule has 0 spiro atoms. The van der Waals surface area contributed by atoms with Gasteiger partial charge in [-0.3, -0.25) is 9.69 Å². The van der Waals surface area contributed by atoms with E-state index < -0.39 is 0 Å². The molecule has 0 aromatic heterocycles. The first-order valence-corrected chi connectivity index (χ1v) is 7.33. The van der Waals surface area contributed by atoms with Crippen LogP contribution in [0.3, 0.4) is 0 Å². The van der Waals surface area contributed by atoms with E-state index in [4.69, 9.17) is 0 Å². The molecule has 108 valence electrons. The molecule has 3 nitrogen and oxygen atoms in total. The number of piperidine rings is 1. The third kappa shape index (κ3) is 3.70. The van der Waals surface area contributed by atoms with Crippen LogP contribution < -0.4 is 4.90 Å². The third-order valence-corrected chi connectivity index (χ3v) is 3.70. The topological polar surface area (TPSA) is 23.6 Å². The van der Waals surface area contributed by atoms with E-state index in [0.29, 0.717) is 12.2 Å². The molecule has 0 N–H and O–H groups in total. The molecule has 0 saturated carbocycles. The van der Waals surface area contributed by atoms with Crippen LogP contribution in [0.4, 0.5) is 5.69 Å². The van der Waals surface area contributed by atoms with Crippen LogP contribution in [0, 0.1) is 0 Å². The van der Waals surface area contributed by atoms with Crippen molar-refractivity contribution in [1.29, 1.82) is 0 Å². The maximum atomic E-state index is 12.0. The lowest BCUT2D eigenvalue weighted by atomic mass is 10.00. The number of rotatable bonds is 4. The second-order valence-electron chi connectivity index (χ2n) is 5.60. The first kappa shape index (κ1) is 14.8. The number of carbonyl (C=O) groups excluding carboxylic acids is 1. The van der Waals surface area contributed by atoms with Gasteiger partial charge in [-0.2, -0.15) is 0 Å². The zero-order valence-corrected chi connectivity index (χ0v) is 12.7. The number of hydrogen-bond acceptors (Lipinski definition) is 3. The van der Waals surface area contributed by atoms with Gasteiger partial charge in [-0.25, -0.2) is 0 Å². The summed E-state index contributed by atoms with van der Waals surface area (Å²) in [6.07, 6.45) is 3.84. The molecular weight excluding hydrogens is 248 g/mol. The van der Waals surface area contributed by atoms with E-state index in [2.05, 4.69) is 41.0 Å². The van der Waals surface area contributed by atoms with Crippen molar-refractivity contribution < 1.29 is 4.79 Å². The molecule has 0 unspecified atom stereocenters. The van der Waals surface area contributed by atoms with E-state index in [1.165, 1.54) is 5.69 Å². The number of carbonyl (C=O) groups is 1. The summed E-state index contributed by atoms with van der Waals surface area (Å²) in [7, 11) is 4.06. The van der Waals surface area contributed by atoms with Gasteiger partial charge in [0.25, 0.3) is 0 Å². The van der Waals surface area contributed by atoms with Crippen molar-refractivity contribution in [3.8, 4) is 0 Å². The molecule has 1 aromatic carbocycles. The summed E-state index contributed by atoms with van der Waals surface area (Å²) in [5, 5.41) is 0. The minimum Gasteiger partial charge on any atom is -0.378 e. The minimum absolute atomic E-state index is 0.300. The maximum absolute atomic E-state index is 12.0. The van der Waals surface area contributed by atoms with Crippen molar-refractivity contribution in [2.24, 2.45) is 0 Å². The van der Waals surface area contributed by atoms with Gasteiger partial charge in [0.05, 0.1) is 0 Å². The molecule has 1 fully saturated rings. The summed E-state index contributed by atoms with van der Waals surface area (Å²) in [4.78, 5) is 16.5. The Bertz CT molecular complexity index is 488. The average Bonchev–Trinajstić information content (AvgIpc) is 2.43. The summed E-state index contributed by atoms with van der Waals surface area (Å²) >= 11 is 0. The lowest BCUT2D eigenvalue weighted by Gasteiger charge is -2.27. The van der Waals surface area contributed by atoms with Crippen molar-refractivity contribution in [2.75, 3.05) is 38.6 Å². The van der Waals surface area contributed by atoms with E-state index >= 15 is 0 Å². The fourth-order valence-electron chi connectivity index (χ4n) is 2.53. The molecule has 0 aliphatic carbocycles. The molecule has 1 aliphatic heterocycles. The predicted octanol–water partition coefficient (Wildman–Crippen LogP) is 2.82. The van der Waals surface area contributed by atoms with Crippen molar-refractivity contribution in [1.82, 2.24) is 4.90 Å². The lowest BCUT2D eigenvalue weighted by molar-refractivity contribution is -0.117. The van der Waals surface area contributed by atoms with E-state index in [9.17, 15) is 4.79 Å². The number of ketones is 1. The average molecular weight is 272 g/mol. The summed E-state index contributed by atoms with van der Waals surface area (Å²) in [5.41, 5.74) is 3.23. The number of nitrogens with zero attached hydrogens (tertiary/aromatic N) is 2. The molecule has 2 rings (SSSR count).